The monoisotopic (exact) mass is 206 g/mol. The lowest BCUT2D eigenvalue weighted by Crippen LogP contribution is -2.42. The highest BCUT2D eigenvalue weighted by molar-refractivity contribution is 5.92. The molecule has 0 bridgehead atoms. The zero-order valence-corrected chi connectivity index (χ0v) is 9.77. The highest BCUT2D eigenvalue weighted by atomic mass is 16.2. The molecule has 0 radical (unpaired) electrons. The van der Waals surface area contributed by atoms with Gasteiger partial charge in [0.15, 0.2) is 0 Å². The maximum atomic E-state index is 12.1. The molecule has 3 nitrogen and oxygen atoms in total. The van der Waals surface area contributed by atoms with E-state index < -0.39 is 0 Å². The molecule has 0 unspecified atom stereocenters. The molecule has 3 heteroatoms. The molecule has 1 aromatic heterocycles. The maximum Gasteiger partial charge on any atom is 0.272 e. The second-order valence-corrected chi connectivity index (χ2v) is 4.11. The van der Waals surface area contributed by atoms with E-state index in [0.717, 1.165) is 0 Å². The molecule has 1 amide bonds. The van der Waals surface area contributed by atoms with Crippen molar-refractivity contribution in [3.8, 4) is 0 Å². The van der Waals surface area contributed by atoms with Gasteiger partial charge in [-0.05, 0) is 39.8 Å². The highest BCUT2D eigenvalue weighted by Crippen LogP contribution is 2.10. The van der Waals surface area contributed by atoms with Crippen molar-refractivity contribution in [2.45, 2.75) is 39.8 Å². The Morgan fingerprint density at radius 1 is 1.20 bits per heavy atom. The van der Waals surface area contributed by atoms with Gasteiger partial charge in [-0.3, -0.25) is 9.78 Å². The van der Waals surface area contributed by atoms with E-state index in [-0.39, 0.29) is 18.0 Å². The fraction of sp³-hybridized carbons (Fsp3) is 0.500. The molecule has 1 rings (SSSR count). The molecule has 0 N–H and O–H groups in total. The lowest BCUT2D eigenvalue weighted by Gasteiger charge is -2.30. The number of hydrogen-bond donors (Lipinski definition) is 0. The van der Waals surface area contributed by atoms with Crippen LogP contribution in [0.2, 0.25) is 0 Å². The number of rotatable bonds is 3. The Hall–Kier alpha value is -1.38. The molecule has 1 heterocycles. The normalized spacial score (nSPS) is 10.8. The second kappa shape index (κ2) is 4.91. The first kappa shape index (κ1) is 11.7. The summed E-state index contributed by atoms with van der Waals surface area (Å²) < 4.78 is 0. The summed E-state index contributed by atoms with van der Waals surface area (Å²) in [7, 11) is 0. The van der Waals surface area contributed by atoms with E-state index in [1.807, 2.05) is 44.7 Å². The van der Waals surface area contributed by atoms with Crippen LogP contribution >= 0.6 is 0 Å². The van der Waals surface area contributed by atoms with E-state index >= 15 is 0 Å². The summed E-state index contributed by atoms with van der Waals surface area (Å²) >= 11 is 0. The van der Waals surface area contributed by atoms with Gasteiger partial charge in [0, 0.05) is 18.3 Å². The number of hydrogen-bond acceptors (Lipinski definition) is 2. The van der Waals surface area contributed by atoms with E-state index in [0.29, 0.717) is 5.69 Å². The zero-order valence-electron chi connectivity index (χ0n) is 9.77. The second-order valence-electron chi connectivity index (χ2n) is 4.11. The predicted octanol–water partition coefficient (Wildman–Crippen LogP) is 2.34. The van der Waals surface area contributed by atoms with Gasteiger partial charge < -0.3 is 4.90 Å². The van der Waals surface area contributed by atoms with Gasteiger partial charge in [0.25, 0.3) is 5.91 Å². The van der Waals surface area contributed by atoms with E-state index in [9.17, 15) is 4.79 Å². The standard InChI is InChI=1S/C12H18N2O/c1-9(2)14(10(3)4)12(15)11-7-5-6-8-13-11/h5-10H,1-4H3. The van der Waals surface area contributed by atoms with E-state index in [2.05, 4.69) is 4.98 Å². The quantitative estimate of drug-likeness (QED) is 0.760. The first-order chi connectivity index (χ1) is 7.04. The molecule has 15 heavy (non-hydrogen) atoms. The van der Waals surface area contributed by atoms with Crippen molar-refractivity contribution in [3.05, 3.63) is 30.1 Å². The molecule has 0 aliphatic carbocycles. The summed E-state index contributed by atoms with van der Waals surface area (Å²) in [6.45, 7) is 8.06. The first-order valence-corrected chi connectivity index (χ1v) is 5.27. The third-order valence-electron chi connectivity index (χ3n) is 2.23. The van der Waals surface area contributed by atoms with Gasteiger partial charge in [0.1, 0.15) is 5.69 Å². The Bertz CT molecular complexity index is 312. The van der Waals surface area contributed by atoms with Crippen molar-refractivity contribution < 1.29 is 4.79 Å². The molecule has 82 valence electrons. The lowest BCUT2D eigenvalue weighted by atomic mass is 10.2. The zero-order chi connectivity index (χ0) is 11.4. The van der Waals surface area contributed by atoms with Crippen molar-refractivity contribution in [1.29, 1.82) is 0 Å². The Balaban J connectivity index is 2.92. The van der Waals surface area contributed by atoms with Crippen LogP contribution in [0.4, 0.5) is 0 Å². The smallest absolute Gasteiger partial charge is 0.272 e. The minimum atomic E-state index is 0.000556. The van der Waals surface area contributed by atoms with Gasteiger partial charge in [0.2, 0.25) is 0 Å². The topological polar surface area (TPSA) is 33.2 Å². The molecular formula is C12H18N2O. The summed E-state index contributed by atoms with van der Waals surface area (Å²) in [6.07, 6.45) is 1.64. The van der Waals surface area contributed by atoms with Gasteiger partial charge in [-0.25, -0.2) is 0 Å². The van der Waals surface area contributed by atoms with Crippen LogP contribution in [0.3, 0.4) is 0 Å². The fourth-order valence-electron chi connectivity index (χ4n) is 1.69. The Morgan fingerprint density at radius 3 is 2.20 bits per heavy atom. The van der Waals surface area contributed by atoms with E-state index in [1.165, 1.54) is 0 Å². The molecule has 0 aliphatic rings. The number of amides is 1. The Morgan fingerprint density at radius 2 is 1.80 bits per heavy atom. The van der Waals surface area contributed by atoms with Crippen LogP contribution in [-0.2, 0) is 0 Å². The van der Waals surface area contributed by atoms with Gasteiger partial charge in [-0.2, -0.15) is 0 Å². The summed E-state index contributed by atoms with van der Waals surface area (Å²) in [6, 6.07) is 5.78. The summed E-state index contributed by atoms with van der Waals surface area (Å²) in [5.41, 5.74) is 0.514. The minimum Gasteiger partial charge on any atom is -0.332 e. The number of carbonyl (C=O) groups is 1. The summed E-state index contributed by atoms with van der Waals surface area (Å²) in [5, 5.41) is 0. The molecule has 1 aromatic rings. The minimum absolute atomic E-state index is 0.000556. The molecule has 0 fully saturated rings. The van der Waals surface area contributed by atoms with Crippen molar-refractivity contribution in [1.82, 2.24) is 9.88 Å². The first-order valence-electron chi connectivity index (χ1n) is 5.27. The SMILES string of the molecule is CC(C)N(C(=O)c1ccccn1)C(C)C. The van der Waals surface area contributed by atoms with E-state index in [1.54, 1.807) is 12.3 Å². The molecule has 0 saturated heterocycles. The van der Waals surface area contributed by atoms with Gasteiger partial charge >= 0.3 is 0 Å². The van der Waals surface area contributed by atoms with Crippen LogP contribution in [0.1, 0.15) is 38.2 Å². The summed E-state index contributed by atoms with van der Waals surface area (Å²) in [4.78, 5) is 18.0. The average molecular weight is 206 g/mol. The number of aromatic nitrogens is 1. The molecule has 0 saturated carbocycles. The van der Waals surface area contributed by atoms with Crippen molar-refractivity contribution in [2.75, 3.05) is 0 Å². The number of pyridine rings is 1. The Labute approximate surface area is 91.1 Å². The van der Waals surface area contributed by atoms with Gasteiger partial charge in [0.05, 0.1) is 0 Å². The largest absolute Gasteiger partial charge is 0.332 e. The molecule has 0 atom stereocenters. The fourth-order valence-corrected chi connectivity index (χ4v) is 1.69. The maximum absolute atomic E-state index is 12.1. The predicted molar refractivity (Wildman–Crippen MR) is 60.7 cm³/mol. The van der Waals surface area contributed by atoms with Crippen LogP contribution in [0, 0.1) is 0 Å². The molecule has 0 spiro atoms. The Kier molecular flexibility index (Phi) is 3.83. The van der Waals surface area contributed by atoms with E-state index in [4.69, 9.17) is 0 Å². The van der Waals surface area contributed by atoms with Crippen molar-refractivity contribution in [2.24, 2.45) is 0 Å². The van der Waals surface area contributed by atoms with Crippen LogP contribution in [0.5, 0.6) is 0 Å². The third kappa shape index (κ3) is 2.78. The van der Waals surface area contributed by atoms with Crippen LogP contribution in [0.15, 0.2) is 24.4 Å². The number of nitrogens with zero attached hydrogens (tertiary/aromatic N) is 2. The van der Waals surface area contributed by atoms with Crippen LogP contribution < -0.4 is 0 Å². The van der Waals surface area contributed by atoms with Gasteiger partial charge in [-0.1, -0.05) is 6.07 Å². The highest BCUT2D eigenvalue weighted by Gasteiger charge is 2.21. The number of carbonyl (C=O) groups excluding carboxylic acids is 1. The molecule has 0 aromatic carbocycles. The van der Waals surface area contributed by atoms with Gasteiger partial charge in [-0.15, -0.1) is 0 Å². The van der Waals surface area contributed by atoms with Crippen LogP contribution in [0.25, 0.3) is 0 Å². The van der Waals surface area contributed by atoms with Crippen molar-refractivity contribution in [3.63, 3.8) is 0 Å². The average Bonchev–Trinajstić information content (AvgIpc) is 2.18. The molecule has 0 aliphatic heterocycles. The third-order valence-corrected chi connectivity index (χ3v) is 2.23. The van der Waals surface area contributed by atoms with Crippen molar-refractivity contribution >= 4 is 5.91 Å². The van der Waals surface area contributed by atoms with Crippen LogP contribution in [-0.4, -0.2) is 27.9 Å². The summed E-state index contributed by atoms with van der Waals surface area (Å²) in [5.74, 6) is 0.000556. The molecular weight excluding hydrogens is 188 g/mol. The lowest BCUT2D eigenvalue weighted by molar-refractivity contribution is 0.0637.